The molecule has 0 aliphatic carbocycles. The van der Waals surface area contributed by atoms with Crippen LogP contribution in [0.15, 0.2) is 36.4 Å². The van der Waals surface area contributed by atoms with E-state index in [0.29, 0.717) is 32.2 Å². The molecule has 2 aromatic rings. The van der Waals surface area contributed by atoms with Gasteiger partial charge in [-0.1, -0.05) is 34.8 Å². The van der Waals surface area contributed by atoms with Gasteiger partial charge < -0.3 is 15.0 Å². The molecule has 0 saturated carbocycles. The fourth-order valence-electron chi connectivity index (χ4n) is 2.82. The molecule has 1 atom stereocenters. The van der Waals surface area contributed by atoms with Crippen molar-refractivity contribution in [1.82, 2.24) is 0 Å². The molecule has 2 amide bonds. The summed E-state index contributed by atoms with van der Waals surface area (Å²) < 4.78 is 5.30. The number of amides is 2. The molecule has 0 spiro atoms. The van der Waals surface area contributed by atoms with E-state index < -0.39 is 5.92 Å². The third-order valence-corrected chi connectivity index (χ3v) is 4.91. The van der Waals surface area contributed by atoms with Crippen LogP contribution in [0.1, 0.15) is 6.42 Å². The van der Waals surface area contributed by atoms with Crippen LogP contribution in [0.2, 0.25) is 15.1 Å². The first-order valence-electron chi connectivity index (χ1n) is 7.79. The lowest BCUT2D eigenvalue weighted by Gasteiger charge is -2.20. The van der Waals surface area contributed by atoms with Gasteiger partial charge in [0.15, 0.2) is 0 Å². The molecule has 0 aromatic heterocycles. The summed E-state index contributed by atoms with van der Waals surface area (Å²) >= 11 is 18.0. The maximum absolute atomic E-state index is 12.6. The third-order valence-electron chi connectivity index (χ3n) is 4.11. The van der Waals surface area contributed by atoms with Crippen LogP contribution in [-0.2, 0) is 9.59 Å². The monoisotopic (exact) mass is 412 g/mol. The lowest BCUT2D eigenvalue weighted by molar-refractivity contribution is -0.122. The van der Waals surface area contributed by atoms with E-state index in [4.69, 9.17) is 39.5 Å². The number of ether oxygens (including phenoxy) is 1. The number of nitrogens with zero attached hydrogens (tertiary/aromatic N) is 1. The van der Waals surface area contributed by atoms with Crippen molar-refractivity contribution in [3.8, 4) is 5.75 Å². The minimum absolute atomic E-state index is 0.0830. The molecule has 3 rings (SSSR count). The first-order chi connectivity index (χ1) is 12.4. The smallest absolute Gasteiger partial charge is 0.229 e. The van der Waals surface area contributed by atoms with Gasteiger partial charge in [0.05, 0.1) is 29.4 Å². The molecule has 0 unspecified atom stereocenters. The molecule has 26 heavy (non-hydrogen) atoms. The van der Waals surface area contributed by atoms with E-state index in [2.05, 4.69) is 5.32 Å². The summed E-state index contributed by atoms with van der Waals surface area (Å²) in [6.07, 6.45) is 0.0830. The molecule has 1 fully saturated rings. The fraction of sp³-hybridized carbons (Fsp3) is 0.222. The number of carbonyl (C=O) groups excluding carboxylic acids is 2. The van der Waals surface area contributed by atoms with Gasteiger partial charge in [-0.05, 0) is 36.4 Å². The number of hydrogen-bond acceptors (Lipinski definition) is 3. The number of halogens is 3. The van der Waals surface area contributed by atoms with Crippen molar-refractivity contribution < 1.29 is 14.3 Å². The first kappa shape index (κ1) is 18.8. The Balaban J connectivity index is 1.78. The summed E-state index contributed by atoms with van der Waals surface area (Å²) in [7, 11) is 1.51. The molecule has 0 bridgehead atoms. The van der Waals surface area contributed by atoms with Crippen molar-refractivity contribution in [2.24, 2.45) is 5.92 Å². The maximum Gasteiger partial charge on any atom is 0.229 e. The summed E-state index contributed by atoms with van der Waals surface area (Å²) in [6, 6.07) is 9.80. The summed E-state index contributed by atoms with van der Waals surface area (Å²) in [6.45, 7) is 0.222. The highest BCUT2D eigenvalue weighted by Gasteiger charge is 2.36. The van der Waals surface area contributed by atoms with E-state index in [1.807, 2.05) is 0 Å². The summed E-state index contributed by atoms with van der Waals surface area (Å²) in [4.78, 5) is 26.5. The maximum atomic E-state index is 12.6. The quantitative estimate of drug-likeness (QED) is 0.794. The molecule has 1 aliphatic heterocycles. The van der Waals surface area contributed by atoms with E-state index in [9.17, 15) is 9.59 Å². The summed E-state index contributed by atoms with van der Waals surface area (Å²) in [5, 5.41) is 4.04. The van der Waals surface area contributed by atoms with Crippen LogP contribution in [0.3, 0.4) is 0 Å². The van der Waals surface area contributed by atoms with Gasteiger partial charge in [-0.3, -0.25) is 9.59 Å². The van der Waals surface area contributed by atoms with E-state index in [1.165, 1.54) is 12.0 Å². The van der Waals surface area contributed by atoms with E-state index in [0.717, 1.165) is 0 Å². The Morgan fingerprint density at radius 3 is 2.58 bits per heavy atom. The van der Waals surface area contributed by atoms with Crippen LogP contribution >= 0.6 is 34.8 Å². The minimum atomic E-state index is -0.527. The number of carbonyl (C=O) groups is 2. The number of rotatable bonds is 4. The Hall–Kier alpha value is -1.95. The fourth-order valence-corrected chi connectivity index (χ4v) is 3.32. The number of anilines is 2. The van der Waals surface area contributed by atoms with Gasteiger partial charge in [-0.15, -0.1) is 0 Å². The standard InChI is InChI=1S/C18H15Cl3N2O3/c1-26-16-5-3-12(20)8-15(16)23-9-10(6-17(23)24)18(25)22-14-7-11(19)2-4-13(14)21/h2-5,7-8,10H,6,9H2,1H3,(H,22,25)/t10-/m0/s1. The molecule has 5 nitrogen and oxygen atoms in total. The van der Waals surface area contributed by atoms with Gasteiger partial charge in [0, 0.05) is 23.0 Å². The zero-order chi connectivity index (χ0) is 18.8. The van der Waals surface area contributed by atoms with Crippen LogP contribution in [0.5, 0.6) is 5.75 Å². The predicted molar refractivity (Wildman–Crippen MR) is 104 cm³/mol. The molecule has 136 valence electrons. The second kappa shape index (κ2) is 7.74. The average Bonchev–Trinajstić information content (AvgIpc) is 3.00. The van der Waals surface area contributed by atoms with Crippen LogP contribution in [0, 0.1) is 5.92 Å². The second-order valence-electron chi connectivity index (χ2n) is 5.83. The van der Waals surface area contributed by atoms with Crippen molar-refractivity contribution in [3.05, 3.63) is 51.5 Å². The van der Waals surface area contributed by atoms with Crippen LogP contribution in [0.25, 0.3) is 0 Å². The largest absolute Gasteiger partial charge is 0.495 e. The molecule has 8 heteroatoms. The number of hydrogen-bond donors (Lipinski definition) is 1. The molecule has 1 heterocycles. The summed E-state index contributed by atoms with van der Waals surface area (Å²) in [5.41, 5.74) is 0.955. The van der Waals surface area contributed by atoms with E-state index in [1.54, 1.807) is 36.4 Å². The molecule has 0 radical (unpaired) electrons. The third kappa shape index (κ3) is 3.90. The Labute approximate surface area is 165 Å². The number of benzene rings is 2. The minimum Gasteiger partial charge on any atom is -0.495 e. The molecular formula is C18H15Cl3N2O3. The normalized spacial score (nSPS) is 16.7. The highest BCUT2D eigenvalue weighted by atomic mass is 35.5. The van der Waals surface area contributed by atoms with Gasteiger partial charge in [-0.25, -0.2) is 0 Å². The topological polar surface area (TPSA) is 58.6 Å². The second-order valence-corrected chi connectivity index (χ2v) is 7.12. The Kier molecular flexibility index (Phi) is 5.61. The highest BCUT2D eigenvalue weighted by Crippen LogP contribution is 2.35. The number of methoxy groups -OCH3 is 1. The van der Waals surface area contributed by atoms with Gasteiger partial charge in [0.2, 0.25) is 11.8 Å². The van der Waals surface area contributed by atoms with Crippen molar-refractivity contribution in [2.45, 2.75) is 6.42 Å². The van der Waals surface area contributed by atoms with Crippen LogP contribution in [-0.4, -0.2) is 25.5 Å². The average molecular weight is 414 g/mol. The lowest BCUT2D eigenvalue weighted by Crippen LogP contribution is -2.28. The van der Waals surface area contributed by atoms with Gasteiger partial charge in [-0.2, -0.15) is 0 Å². The Morgan fingerprint density at radius 1 is 1.15 bits per heavy atom. The lowest BCUT2D eigenvalue weighted by atomic mass is 10.1. The summed E-state index contributed by atoms with van der Waals surface area (Å²) in [5.74, 6) is -0.489. The van der Waals surface area contributed by atoms with Crippen LogP contribution < -0.4 is 15.0 Å². The van der Waals surface area contributed by atoms with Gasteiger partial charge in [0.25, 0.3) is 0 Å². The zero-order valence-corrected chi connectivity index (χ0v) is 16.0. The van der Waals surface area contributed by atoms with Gasteiger partial charge in [0.1, 0.15) is 5.75 Å². The zero-order valence-electron chi connectivity index (χ0n) is 13.8. The van der Waals surface area contributed by atoms with Crippen molar-refractivity contribution in [3.63, 3.8) is 0 Å². The Morgan fingerprint density at radius 2 is 1.85 bits per heavy atom. The molecular weight excluding hydrogens is 399 g/mol. The molecule has 2 aromatic carbocycles. The van der Waals surface area contributed by atoms with Crippen LogP contribution in [0.4, 0.5) is 11.4 Å². The van der Waals surface area contributed by atoms with Crippen molar-refractivity contribution >= 4 is 58.0 Å². The predicted octanol–water partition coefficient (Wildman–Crippen LogP) is 4.65. The van der Waals surface area contributed by atoms with Gasteiger partial charge >= 0.3 is 0 Å². The SMILES string of the molecule is COc1ccc(Cl)cc1N1C[C@@H](C(=O)Nc2cc(Cl)ccc2Cl)CC1=O. The van der Waals surface area contributed by atoms with E-state index in [-0.39, 0.29) is 24.8 Å². The first-order valence-corrected chi connectivity index (χ1v) is 8.92. The van der Waals surface area contributed by atoms with E-state index >= 15 is 0 Å². The Bertz CT molecular complexity index is 873. The van der Waals surface area contributed by atoms with Crippen molar-refractivity contribution in [1.29, 1.82) is 0 Å². The molecule has 1 aliphatic rings. The highest BCUT2D eigenvalue weighted by molar-refractivity contribution is 6.35. The number of nitrogens with one attached hydrogen (secondary N) is 1. The van der Waals surface area contributed by atoms with Crippen molar-refractivity contribution in [2.75, 3.05) is 23.9 Å². The molecule has 1 saturated heterocycles. The molecule has 1 N–H and O–H groups in total.